The lowest BCUT2D eigenvalue weighted by Gasteiger charge is -2.34. The van der Waals surface area contributed by atoms with E-state index in [1.54, 1.807) is 18.2 Å². The van der Waals surface area contributed by atoms with Gasteiger partial charge >= 0.3 is 0 Å². The number of imidazole rings is 1. The monoisotopic (exact) mass is 300 g/mol. The third-order valence-electron chi connectivity index (χ3n) is 3.87. The van der Waals surface area contributed by atoms with Crippen LogP contribution >= 0.6 is 0 Å². The van der Waals surface area contributed by atoms with Gasteiger partial charge in [0.2, 0.25) is 10.0 Å². The summed E-state index contributed by atoms with van der Waals surface area (Å²) in [5.74, 6) is 1.02. The summed E-state index contributed by atoms with van der Waals surface area (Å²) in [4.78, 5) is 6.51. The maximum Gasteiger partial charge on any atom is 0.216 e. The molecule has 6 nitrogen and oxygen atoms in total. The van der Waals surface area contributed by atoms with Crippen LogP contribution in [0.15, 0.2) is 12.4 Å². The Balaban J connectivity index is 1.82. The Morgan fingerprint density at radius 3 is 2.35 bits per heavy atom. The number of hydrogen-bond acceptors (Lipinski definition) is 4. The van der Waals surface area contributed by atoms with E-state index in [0.29, 0.717) is 13.1 Å². The number of nitrogens with zero attached hydrogens (tertiary/aromatic N) is 4. The number of aryl methyl sites for hydroxylation is 1. The molecule has 0 radical (unpaired) electrons. The molecule has 0 aliphatic carbocycles. The van der Waals surface area contributed by atoms with Crippen LogP contribution in [0.4, 0.5) is 0 Å². The normalized spacial score (nSPS) is 18.8. The van der Waals surface area contributed by atoms with E-state index in [0.717, 1.165) is 32.0 Å². The molecule has 1 aromatic rings. The summed E-state index contributed by atoms with van der Waals surface area (Å²) in [5.41, 5.74) is 0. The molecule has 1 aliphatic heterocycles. The smallest absolute Gasteiger partial charge is 0.216 e. The molecule has 2 rings (SSSR count). The molecule has 2 heterocycles. The first-order chi connectivity index (χ1) is 9.41. The van der Waals surface area contributed by atoms with Crippen LogP contribution in [0.5, 0.6) is 0 Å². The zero-order chi connectivity index (χ0) is 14.8. The Kier molecular flexibility index (Phi) is 4.82. The van der Waals surface area contributed by atoms with Crippen molar-refractivity contribution in [1.82, 2.24) is 18.8 Å². The molecule has 0 N–H and O–H groups in total. The highest BCUT2D eigenvalue weighted by Gasteiger charge is 2.28. The van der Waals surface area contributed by atoms with Gasteiger partial charge in [-0.1, -0.05) is 0 Å². The Hall–Kier alpha value is -0.920. The van der Waals surface area contributed by atoms with Gasteiger partial charge in [-0.2, -0.15) is 4.31 Å². The highest BCUT2D eigenvalue weighted by molar-refractivity contribution is 7.89. The van der Waals surface area contributed by atoms with Crippen molar-refractivity contribution in [1.29, 1.82) is 0 Å². The van der Waals surface area contributed by atoms with Gasteiger partial charge in [0, 0.05) is 51.7 Å². The summed E-state index contributed by atoms with van der Waals surface area (Å²) >= 11 is 0. The fraction of sp³-hybridized carbons (Fsp3) is 0.769. The summed E-state index contributed by atoms with van der Waals surface area (Å²) in [6.07, 6.45) is 3.79. The van der Waals surface area contributed by atoms with Crippen molar-refractivity contribution in [3.8, 4) is 0 Å². The summed E-state index contributed by atoms with van der Waals surface area (Å²) in [6.45, 7) is 10.1. The Labute approximate surface area is 121 Å². The zero-order valence-electron chi connectivity index (χ0n) is 12.5. The van der Waals surface area contributed by atoms with Gasteiger partial charge in [0.05, 0.1) is 5.25 Å². The number of rotatable bonds is 5. The van der Waals surface area contributed by atoms with Crippen molar-refractivity contribution in [2.24, 2.45) is 0 Å². The van der Waals surface area contributed by atoms with Gasteiger partial charge in [-0.3, -0.25) is 4.90 Å². The molecule has 0 unspecified atom stereocenters. The van der Waals surface area contributed by atoms with Crippen LogP contribution in [0.1, 0.15) is 19.7 Å². The largest absolute Gasteiger partial charge is 0.334 e. The van der Waals surface area contributed by atoms with E-state index in [9.17, 15) is 8.42 Å². The Morgan fingerprint density at radius 1 is 1.20 bits per heavy atom. The van der Waals surface area contributed by atoms with Gasteiger partial charge in [-0.15, -0.1) is 0 Å². The molecule has 1 aliphatic rings. The summed E-state index contributed by atoms with van der Waals surface area (Å²) in [5, 5.41) is -0.331. The number of aromatic nitrogens is 2. The lowest BCUT2D eigenvalue weighted by Crippen LogP contribution is -2.50. The molecule has 7 heteroatoms. The van der Waals surface area contributed by atoms with Gasteiger partial charge in [-0.25, -0.2) is 13.4 Å². The summed E-state index contributed by atoms with van der Waals surface area (Å²) in [7, 11) is -3.10. The van der Waals surface area contributed by atoms with Crippen molar-refractivity contribution in [2.75, 3.05) is 32.7 Å². The topological polar surface area (TPSA) is 58.4 Å². The molecule has 20 heavy (non-hydrogen) atoms. The average Bonchev–Trinajstić information content (AvgIpc) is 2.82. The first-order valence-electron chi connectivity index (χ1n) is 7.10. The van der Waals surface area contributed by atoms with Crippen LogP contribution < -0.4 is 0 Å². The number of hydrogen-bond donors (Lipinski definition) is 0. The highest BCUT2D eigenvalue weighted by atomic mass is 32.2. The quantitative estimate of drug-likeness (QED) is 0.797. The standard InChI is InChI=1S/C13H24N4O2S/c1-12(2)20(18,19)17-10-7-15(8-11-17)6-9-16-5-4-14-13(16)3/h4-5,12H,6-11H2,1-3H3. The van der Waals surface area contributed by atoms with Crippen molar-refractivity contribution in [3.05, 3.63) is 18.2 Å². The summed E-state index contributed by atoms with van der Waals surface area (Å²) < 4.78 is 27.9. The maximum atomic E-state index is 12.1. The van der Waals surface area contributed by atoms with Crippen LogP contribution in [0, 0.1) is 6.92 Å². The third-order valence-corrected chi connectivity index (χ3v) is 6.14. The molecule has 1 aromatic heterocycles. The van der Waals surface area contributed by atoms with Crippen LogP contribution in [0.25, 0.3) is 0 Å². The van der Waals surface area contributed by atoms with Crippen LogP contribution in [0.3, 0.4) is 0 Å². The van der Waals surface area contributed by atoms with E-state index in [-0.39, 0.29) is 5.25 Å². The second-order valence-electron chi connectivity index (χ2n) is 5.50. The second-order valence-corrected chi connectivity index (χ2v) is 7.99. The van der Waals surface area contributed by atoms with Gasteiger partial charge in [-0.05, 0) is 20.8 Å². The molecule has 0 saturated carbocycles. The minimum Gasteiger partial charge on any atom is -0.334 e. The highest BCUT2D eigenvalue weighted by Crippen LogP contribution is 2.12. The number of piperazine rings is 1. The molecule has 114 valence electrons. The van der Waals surface area contributed by atoms with Crippen LogP contribution in [0.2, 0.25) is 0 Å². The SMILES string of the molecule is Cc1nccn1CCN1CCN(S(=O)(=O)C(C)C)CC1. The van der Waals surface area contributed by atoms with Crippen LogP contribution in [-0.2, 0) is 16.6 Å². The predicted octanol–water partition coefficient (Wildman–Crippen LogP) is 0.547. The average molecular weight is 300 g/mol. The molecule has 0 aromatic carbocycles. The molecule has 0 atom stereocenters. The molecular formula is C13H24N4O2S. The number of sulfonamides is 1. The van der Waals surface area contributed by atoms with E-state index in [1.807, 2.05) is 19.3 Å². The van der Waals surface area contributed by atoms with E-state index >= 15 is 0 Å². The van der Waals surface area contributed by atoms with Gasteiger partial charge in [0.1, 0.15) is 5.82 Å². The minimum absolute atomic E-state index is 0.331. The first kappa shape index (κ1) is 15.5. The van der Waals surface area contributed by atoms with Crippen molar-refractivity contribution in [2.45, 2.75) is 32.6 Å². The lowest BCUT2D eigenvalue weighted by molar-refractivity contribution is 0.182. The fourth-order valence-electron chi connectivity index (χ4n) is 2.39. The van der Waals surface area contributed by atoms with E-state index in [4.69, 9.17) is 0 Å². The molecule has 0 spiro atoms. The zero-order valence-corrected chi connectivity index (χ0v) is 13.3. The Bertz CT molecular complexity index is 530. The lowest BCUT2D eigenvalue weighted by atomic mass is 10.3. The third kappa shape index (κ3) is 3.39. The first-order valence-corrected chi connectivity index (χ1v) is 8.60. The predicted molar refractivity (Wildman–Crippen MR) is 79.0 cm³/mol. The fourth-order valence-corrected chi connectivity index (χ4v) is 3.66. The van der Waals surface area contributed by atoms with Gasteiger partial charge < -0.3 is 4.57 Å². The van der Waals surface area contributed by atoms with Crippen LogP contribution in [-0.4, -0.2) is 65.1 Å². The van der Waals surface area contributed by atoms with Gasteiger partial charge in [0.15, 0.2) is 0 Å². The minimum atomic E-state index is -3.10. The van der Waals surface area contributed by atoms with Crippen molar-refractivity contribution >= 4 is 10.0 Å². The second kappa shape index (κ2) is 6.24. The van der Waals surface area contributed by atoms with E-state index < -0.39 is 10.0 Å². The Morgan fingerprint density at radius 2 is 1.85 bits per heavy atom. The molecule has 1 fully saturated rings. The molecular weight excluding hydrogens is 276 g/mol. The maximum absolute atomic E-state index is 12.1. The van der Waals surface area contributed by atoms with E-state index in [2.05, 4.69) is 14.5 Å². The molecule has 0 bridgehead atoms. The van der Waals surface area contributed by atoms with Crippen molar-refractivity contribution < 1.29 is 8.42 Å². The summed E-state index contributed by atoms with van der Waals surface area (Å²) in [6, 6.07) is 0. The molecule has 0 amide bonds. The van der Waals surface area contributed by atoms with Crippen molar-refractivity contribution in [3.63, 3.8) is 0 Å². The molecule has 1 saturated heterocycles. The van der Waals surface area contributed by atoms with Gasteiger partial charge in [0.25, 0.3) is 0 Å². The van der Waals surface area contributed by atoms with E-state index in [1.165, 1.54) is 0 Å².